The first-order chi connectivity index (χ1) is 13.2. The molecule has 0 spiro atoms. The molecule has 0 radical (unpaired) electrons. The Bertz CT molecular complexity index is 960. The van der Waals surface area contributed by atoms with E-state index < -0.39 is 21.5 Å². The molecule has 1 N–H and O–H groups in total. The van der Waals surface area contributed by atoms with Gasteiger partial charge in [0, 0.05) is 30.2 Å². The molecule has 0 fully saturated rings. The van der Waals surface area contributed by atoms with Gasteiger partial charge in [0.15, 0.2) is 9.84 Å². The predicted octanol–water partition coefficient (Wildman–Crippen LogP) is 3.37. The molecule has 150 valence electrons. The van der Waals surface area contributed by atoms with Crippen molar-refractivity contribution in [3.05, 3.63) is 64.1 Å². The number of amides is 2. The molecule has 0 saturated carbocycles. The third-order valence-corrected chi connectivity index (χ3v) is 6.07. The first kappa shape index (κ1) is 22.1. The molecule has 0 unspecified atom stereocenters. The molecule has 2 amide bonds. The van der Waals surface area contributed by atoms with Crippen LogP contribution in [0.3, 0.4) is 0 Å². The van der Waals surface area contributed by atoms with Crippen LogP contribution in [0.1, 0.15) is 25.0 Å². The Morgan fingerprint density at radius 3 is 2.46 bits per heavy atom. The van der Waals surface area contributed by atoms with E-state index in [1.807, 2.05) is 13.0 Å². The topological polar surface area (TPSA) is 83.6 Å². The van der Waals surface area contributed by atoms with Crippen LogP contribution in [0.2, 0.25) is 0 Å². The lowest BCUT2D eigenvalue weighted by Gasteiger charge is -2.21. The molecule has 0 aliphatic rings. The van der Waals surface area contributed by atoms with Crippen molar-refractivity contribution in [3.8, 4) is 0 Å². The largest absolute Gasteiger partial charge is 0.339 e. The van der Waals surface area contributed by atoms with Gasteiger partial charge in [-0.1, -0.05) is 46.3 Å². The van der Waals surface area contributed by atoms with Crippen LogP contribution in [0, 0.1) is 0 Å². The lowest BCUT2D eigenvalue weighted by Crippen LogP contribution is -2.29. The van der Waals surface area contributed by atoms with Crippen LogP contribution >= 0.6 is 15.9 Å². The minimum atomic E-state index is -3.62. The molecule has 2 aromatic rings. The van der Waals surface area contributed by atoms with Crippen molar-refractivity contribution in [1.29, 1.82) is 0 Å². The Morgan fingerprint density at radius 1 is 1.11 bits per heavy atom. The highest BCUT2D eigenvalue weighted by atomic mass is 79.9. The van der Waals surface area contributed by atoms with E-state index in [4.69, 9.17) is 0 Å². The highest BCUT2D eigenvalue weighted by Gasteiger charge is 2.19. The fourth-order valence-electron chi connectivity index (χ4n) is 2.75. The number of para-hydroxylation sites is 1. The summed E-state index contributed by atoms with van der Waals surface area (Å²) in [6, 6.07) is 14.0. The molecule has 0 saturated heterocycles. The summed E-state index contributed by atoms with van der Waals surface area (Å²) in [4.78, 5) is 25.6. The van der Waals surface area contributed by atoms with E-state index in [0.717, 1.165) is 10.0 Å². The van der Waals surface area contributed by atoms with Crippen molar-refractivity contribution in [2.45, 2.75) is 26.1 Å². The summed E-state index contributed by atoms with van der Waals surface area (Å²) < 4.78 is 25.5. The van der Waals surface area contributed by atoms with Crippen LogP contribution < -0.4 is 5.32 Å². The van der Waals surface area contributed by atoms with E-state index in [0.29, 0.717) is 24.3 Å². The van der Waals surface area contributed by atoms with E-state index in [1.54, 1.807) is 47.4 Å². The van der Waals surface area contributed by atoms with Crippen LogP contribution in [-0.2, 0) is 31.7 Å². The van der Waals surface area contributed by atoms with Gasteiger partial charge in [-0.15, -0.1) is 0 Å². The molecule has 28 heavy (non-hydrogen) atoms. The monoisotopic (exact) mass is 466 g/mol. The number of sulfone groups is 1. The SMILES string of the molecule is CCN(Cc1ccccc1NC(=O)CS(=O)(=O)Cc1cccc(Br)c1)C(C)=O. The number of hydrogen-bond acceptors (Lipinski definition) is 4. The maximum Gasteiger partial charge on any atom is 0.239 e. The summed E-state index contributed by atoms with van der Waals surface area (Å²) in [7, 11) is -3.62. The molecule has 0 bridgehead atoms. The van der Waals surface area contributed by atoms with E-state index in [2.05, 4.69) is 21.2 Å². The van der Waals surface area contributed by atoms with Gasteiger partial charge in [0.05, 0.1) is 5.75 Å². The lowest BCUT2D eigenvalue weighted by atomic mass is 10.1. The number of hydrogen-bond donors (Lipinski definition) is 1. The van der Waals surface area contributed by atoms with E-state index in [9.17, 15) is 18.0 Å². The summed E-state index contributed by atoms with van der Waals surface area (Å²) in [5.41, 5.74) is 1.87. The fourth-order valence-corrected chi connectivity index (χ4v) is 4.46. The second-order valence-corrected chi connectivity index (χ2v) is 9.38. The Morgan fingerprint density at radius 2 is 1.82 bits per heavy atom. The Hall–Kier alpha value is -2.19. The molecule has 0 aliphatic carbocycles. The molecular formula is C20H23BrN2O4S. The molecule has 0 heterocycles. The number of nitrogens with zero attached hydrogens (tertiary/aromatic N) is 1. The standard InChI is InChI=1S/C20H23BrN2O4S/c1-3-23(15(2)24)12-17-8-4-5-10-19(17)22-20(25)14-28(26,27)13-16-7-6-9-18(21)11-16/h4-11H,3,12-14H2,1-2H3,(H,22,25). The Labute approximate surface area is 174 Å². The van der Waals surface area contributed by atoms with Crippen molar-refractivity contribution in [2.24, 2.45) is 0 Å². The first-order valence-electron chi connectivity index (χ1n) is 8.78. The van der Waals surface area contributed by atoms with Gasteiger partial charge < -0.3 is 10.2 Å². The fraction of sp³-hybridized carbons (Fsp3) is 0.300. The molecular weight excluding hydrogens is 444 g/mol. The number of benzene rings is 2. The third-order valence-electron chi connectivity index (χ3n) is 4.11. The van der Waals surface area contributed by atoms with Gasteiger partial charge in [-0.05, 0) is 36.2 Å². The number of carbonyl (C=O) groups is 2. The minimum Gasteiger partial charge on any atom is -0.339 e. The zero-order valence-corrected chi connectivity index (χ0v) is 18.2. The number of rotatable bonds is 8. The van der Waals surface area contributed by atoms with E-state index >= 15 is 0 Å². The highest BCUT2D eigenvalue weighted by molar-refractivity contribution is 9.10. The number of nitrogens with one attached hydrogen (secondary N) is 1. The maximum atomic E-state index is 12.4. The highest BCUT2D eigenvalue weighted by Crippen LogP contribution is 2.18. The van der Waals surface area contributed by atoms with Crippen LogP contribution in [0.5, 0.6) is 0 Å². The van der Waals surface area contributed by atoms with Gasteiger partial charge in [-0.25, -0.2) is 8.42 Å². The van der Waals surface area contributed by atoms with Gasteiger partial charge in [-0.3, -0.25) is 9.59 Å². The van der Waals surface area contributed by atoms with Crippen molar-refractivity contribution in [3.63, 3.8) is 0 Å². The van der Waals surface area contributed by atoms with Crippen LogP contribution in [0.25, 0.3) is 0 Å². The molecule has 0 atom stereocenters. The van der Waals surface area contributed by atoms with Crippen LogP contribution in [-0.4, -0.2) is 37.4 Å². The summed E-state index contributed by atoms with van der Waals surface area (Å²) in [6.45, 7) is 4.24. The summed E-state index contributed by atoms with van der Waals surface area (Å²) in [5.74, 6) is -1.50. The minimum absolute atomic E-state index is 0.0692. The molecule has 0 aliphatic heterocycles. The van der Waals surface area contributed by atoms with Crippen molar-refractivity contribution >= 4 is 43.3 Å². The third kappa shape index (κ3) is 6.76. The summed E-state index contributed by atoms with van der Waals surface area (Å²) in [5, 5.41) is 2.67. The number of carbonyl (C=O) groups excluding carboxylic acids is 2. The second-order valence-electron chi connectivity index (χ2n) is 6.40. The second kappa shape index (κ2) is 9.84. The number of halogens is 1. The van der Waals surface area contributed by atoms with E-state index in [1.165, 1.54) is 6.92 Å². The number of anilines is 1. The zero-order chi connectivity index (χ0) is 20.7. The summed E-state index contributed by atoms with van der Waals surface area (Å²) in [6.07, 6.45) is 0. The predicted molar refractivity (Wildman–Crippen MR) is 113 cm³/mol. The van der Waals surface area contributed by atoms with Crippen molar-refractivity contribution in [2.75, 3.05) is 17.6 Å². The average Bonchev–Trinajstić information content (AvgIpc) is 2.59. The summed E-state index contributed by atoms with van der Waals surface area (Å²) >= 11 is 3.31. The zero-order valence-electron chi connectivity index (χ0n) is 15.8. The van der Waals surface area contributed by atoms with Crippen molar-refractivity contribution < 1.29 is 18.0 Å². The first-order valence-corrected chi connectivity index (χ1v) is 11.4. The molecule has 8 heteroatoms. The Kier molecular flexibility index (Phi) is 7.77. The van der Waals surface area contributed by atoms with Gasteiger partial charge in [0.2, 0.25) is 11.8 Å². The Balaban J connectivity index is 2.07. The average molecular weight is 467 g/mol. The lowest BCUT2D eigenvalue weighted by molar-refractivity contribution is -0.129. The van der Waals surface area contributed by atoms with Crippen molar-refractivity contribution in [1.82, 2.24) is 4.90 Å². The molecule has 6 nitrogen and oxygen atoms in total. The molecule has 2 rings (SSSR count). The molecule has 2 aromatic carbocycles. The van der Waals surface area contributed by atoms with Crippen LogP contribution in [0.15, 0.2) is 53.0 Å². The quantitative estimate of drug-likeness (QED) is 0.646. The van der Waals surface area contributed by atoms with E-state index in [-0.39, 0.29) is 11.7 Å². The van der Waals surface area contributed by atoms with Gasteiger partial charge >= 0.3 is 0 Å². The van der Waals surface area contributed by atoms with Gasteiger partial charge in [0.25, 0.3) is 0 Å². The smallest absolute Gasteiger partial charge is 0.239 e. The van der Waals surface area contributed by atoms with Crippen LogP contribution in [0.4, 0.5) is 5.69 Å². The molecule has 0 aromatic heterocycles. The van der Waals surface area contributed by atoms with Gasteiger partial charge in [0.1, 0.15) is 5.75 Å². The maximum absolute atomic E-state index is 12.4. The normalized spacial score (nSPS) is 11.1. The van der Waals surface area contributed by atoms with Gasteiger partial charge in [-0.2, -0.15) is 0 Å².